The Hall–Kier alpha value is -1.32. The summed E-state index contributed by atoms with van der Waals surface area (Å²) >= 11 is 0. The Bertz CT molecular complexity index is 310. The van der Waals surface area contributed by atoms with Crippen LogP contribution in [0.2, 0.25) is 0 Å². The van der Waals surface area contributed by atoms with Gasteiger partial charge in [-0.2, -0.15) is 0 Å². The molecular formula is C18H32O4. The molecule has 0 radical (unpaired) electrons. The van der Waals surface area contributed by atoms with Crippen LogP contribution >= 0.6 is 0 Å². The van der Waals surface area contributed by atoms with Crippen molar-refractivity contribution in [3.8, 4) is 0 Å². The molecule has 0 fully saturated rings. The second-order valence-electron chi connectivity index (χ2n) is 5.87. The molecule has 0 unspecified atom stereocenters. The molecule has 22 heavy (non-hydrogen) atoms. The maximum Gasteiger partial charge on any atom is 0.303 e. The van der Waals surface area contributed by atoms with Gasteiger partial charge in [0.05, 0.1) is 0 Å². The van der Waals surface area contributed by atoms with Crippen molar-refractivity contribution in [1.29, 1.82) is 0 Å². The minimum Gasteiger partial charge on any atom is -0.481 e. The third-order valence-electron chi connectivity index (χ3n) is 3.69. The van der Waals surface area contributed by atoms with Gasteiger partial charge in [0.25, 0.3) is 0 Å². The van der Waals surface area contributed by atoms with Crippen molar-refractivity contribution in [2.75, 3.05) is 0 Å². The molecule has 4 nitrogen and oxygen atoms in total. The van der Waals surface area contributed by atoms with Crippen LogP contribution in [0.25, 0.3) is 0 Å². The standard InChI is InChI=1S/C18H32O4/c19-17(20)15-13-11-9-7-5-3-1-2-4-6-8-10-12-14-16-18(21)22/h5,7H,1-4,6,8-16H2,(H,19,20)(H,21,22)/b7-5-. The summed E-state index contributed by atoms with van der Waals surface area (Å²) in [6.45, 7) is 0. The van der Waals surface area contributed by atoms with Crippen molar-refractivity contribution < 1.29 is 19.8 Å². The van der Waals surface area contributed by atoms with Gasteiger partial charge < -0.3 is 10.2 Å². The van der Waals surface area contributed by atoms with E-state index in [-0.39, 0.29) is 6.42 Å². The second-order valence-corrected chi connectivity index (χ2v) is 5.87. The van der Waals surface area contributed by atoms with E-state index in [0.29, 0.717) is 6.42 Å². The van der Waals surface area contributed by atoms with Crippen molar-refractivity contribution in [2.24, 2.45) is 0 Å². The maximum atomic E-state index is 10.3. The highest BCUT2D eigenvalue weighted by molar-refractivity contribution is 5.66. The molecule has 0 heterocycles. The van der Waals surface area contributed by atoms with E-state index in [1.54, 1.807) is 0 Å². The van der Waals surface area contributed by atoms with Crippen LogP contribution in [0.1, 0.15) is 89.9 Å². The van der Waals surface area contributed by atoms with Crippen molar-refractivity contribution in [2.45, 2.75) is 89.9 Å². The molecule has 0 spiro atoms. The highest BCUT2D eigenvalue weighted by Gasteiger charge is 1.96. The van der Waals surface area contributed by atoms with Crippen LogP contribution in [-0.2, 0) is 9.59 Å². The van der Waals surface area contributed by atoms with E-state index in [0.717, 1.165) is 44.9 Å². The number of unbranched alkanes of at least 4 members (excludes halogenated alkanes) is 10. The lowest BCUT2D eigenvalue weighted by atomic mass is 10.1. The first-order chi connectivity index (χ1) is 10.6. The number of hydrogen-bond acceptors (Lipinski definition) is 2. The van der Waals surface area contributed by atoms with Crippen LogP contribution in [-0.4, -0.2) is 22.2 Å². The van der Waals surface area contributed by atoms with Gasteiger partial charge in [-0.25, -0.2) is 0 Å². The molecule has 0 rings (SSSR count). The van der Waals surface area contributed by atoms with Gasteiger partial charge in [0.2, 0.25) is 0 Å². The van der Waals surface area contributed by atoms with Crippen LogP contribution in [0.5, 0.6) is 0 Å². The van der Waals surface area contributed by atoms with Crippen molar-refractivity contribution in [3.05, 3.63) is 12.2 Å². The predicted octanol–water partition coefficient (Wildman–Crippen LogP) is 5.17. The molecule has 0 aromatic heterocycles. The number of carboxylic acids is 2. The minimum atomic E-state index is -0.703. The van der Waals surface area contributed by atoms with Gasteiger partial charge in [-0.1, -0.05) is 50.7 Å². The molecule has 0 bridgehead atoms. The van der Waals surface area contributed by atoms with Gasteiger partial charge in [0, 0.05) is 12.8 Å². The first kappa shape index (κ1) is 20.7. The molecule has 0 atom stereocenters. The Morgan fingerprint density at radius 3 is 1.32 bits per heavy atom. The van der Waals surface area contributed by atoms with Gasteiger partial charge in [-0.05, 0) is 38.5 Å². The average Bonchev–Trinajstić information content (AvgIpc) is 2.46. The lowest BCUT2D eigenvalue weighted by Gasteiger charge is -2.00. The van der Waals surface area contributed by atoms with E-state index in [4.69, 9.17) is 10.2 Å². The van der Waals surface area contributed by atoms with Crippen LogP contribution in [0.3, 0.4) is 0 Å². The Labute approximate surface area is 134 Å². The molecule has 0 aliphatic rings. The van der Waals surface area contributed by atoms with E-state index >= 15 is 0 Å². The normalized spacial score (nSPS) is 11.1. The first-order valence-corrected chi connectivity index (χ1v) is 8.71. The van der Waals surface area contributed by atoms with E-state index in [1.165, 1.54) is 32.1 Å². The smallest absolute Gasteiger partial charge is 0.303 e. The van der Waals surface area contributed by atoms with Crippen LogP contribution in [0.15, 0.2) is 12.2 Å². The monoisotopic (exact) mass is 312 g/mol. The van der Waals surface area contributed by atoms with Crippen LogP contribution < -0.4 is 0 Å². The fourth-order valence-electron chi connectivity index (χ4n) is 2.37. The maximum absolute atomic E-state index is 10.3. The predicted molar refractivity (Wildman–Crippen MR) is 89.0 cm³/mol. The summed E-state index contributed by atoms with van der Waals surface area (Å²) in [5.41, 5.74) is 0. The number of aliphatic carboxylic acids is 2. The van der Waals surface area contributed by atoms with Gasteiger partial charge in [-0.15, -0.1) is 0 Å². The molecule has 4 heteroatoms. The molecule has 0 saturated carbocycles. The number of rotatable bonds is 16. The molecule has 0 saturated heterocycles. The molecule has 2 N–H and O–H groups in total. The number of carboxylic acid groups (broad SMARTS) is 2. The summed E-state index contributed by atoms with van der Waals surface area (Å²) in [7, 11) is 0. The number of allylic oxidation sites excluding steroid dienone is 2. The SMILES string of the molecule is O=C(O)CCCC/C=C\CCCCCCCCCCC(=O)O. The Morgan fingerprint density at radius 1 is 0.545 bits per heavy atom. The van der Waals surface area contributed by atoms with Crippen molar-refractivity contribution >= 4 is 11.9 Å². The van der Waals surface area contributed by atoms with E-state index in [1.807, 2.05) is 0 Å². The summed E-state index contributed by atoms with van der Waals surface area (Å²) in [6, 6.07) is 0. The van der Waals surface area contributed by atoms with E-state index in [9.17, 15) is 9.59 Å². The minimum absolute atomic E-state index is 0.282. The molecule has 0 aliphatic heterocycles. The Morgan fingerprint density at radius 2 is 0.864 bits per heavy atom. The highest BCUT2D eigenvalue weighted by atomic mass is 16.4. The highest BCUT2D eigenvalue weighted by Crippen LogP contribution is 2.11. The molecule has 128 valence electrons. The van der Waals surface area contributed by atoms with Crippen LogP contribution in [0, 0.1) is 0 Å². The summed E-state index contributed by atoms with van der Waals surface area (Å²) in [5.74, 6) is -1.39. The average molecular weight is 312 g/mol. The van der Waals surface area contributed by atoms with Gasteiger partial charge >= 0.3 is 11.9 Å². The zero-order valence-corrected chi connectivity index (χ0v) is 13.8. The third-order valence-corrected chi connectivity index (χ3v) is 3.69. The lowest BCUT2D eigenvalue weighted by Crippen LogP contribution is -1.93. The molecule has 0 amide bonds. The fourth-order valence-corrected chi connectivity index (χ4v) is 2.37. The van der Waals surface area contributed by atoms with Crippen molar-refractivity contribution in [3.63, 3.8) is 0 Å². The Balaban J connectivity index is 3.10. The molecule has 0 aliphatic carbocycles. The van der Waals surface area contributed by atoms with Crippen molar-refractivity contribution in [1.82, 2.24) is 0 Å². The molecule has 0 aromatic rings. The molecule has 0 aromatic carbocycles. The van der Waals surface area contributed by atoms with Crippen LogP contribution in [0.4, 0.5) is 0 Å². The van der Waals surface area contributed by atoms with Gasteiger partial charge in [0.1, 0.15) is 0 Å². The number of carbonyl (C=O) groups is 2. The summed E-state index contributed by atoms with van der Waals surface area (Å²) in [5, 5.41) is 17.0. The zero-order chi connectivity index (χ0) is 16.5. The first-order valence-electron chi connectivity index (χ1n) is 8.71. The topological polar surface area (TPSA) is 74.6 Å². The zero-order valence-electron chi connectivity index (χ0n) is 13.8. The quantitative estimate of drug-likeness (QED) is 0.304. The largest absolute Gasteiger partial charge is 0.481 e. The summed E-state index contributed by atoms with van der Waals surface area (Å²) in [4.78, 5) is 20.6. The van der Waals surface area contributed by atoms with Gasteiger partial charge in [-0.3, -0.25) is 9.59 Å². The summed E-state index contributed by atoms with van der Waals surface area (Å²) in [6.07, 6.45) is 18.1. The third kappa shape index (κ3) is 18.7. The summed E-state index contributed by atoms with van der Waals surface area (Å²) < 4.78 is 0. The Kier molecular flexibility index (Phi) is 15.1. The fraction of sp³-hybridized carbons (Fsp3) is 0.778. The van der Waals surface area contributed by atoms with E-state index < -0.39 is 11.9 Å². The second kappa shape index (κ2) is 16.1. The molecular weight excluding hydrogens is 280 g/mol. The lowest BCUT2D eigenvalue weighted by molar-refractivity contribution is -0.138. The number of hydrogen-bond donors (Lipinski definition) is 2. The van der Waals surface area contributed by atoms with E-state index in [2.05, 4.69) is 12.2 Å². The van der Waals surface area contributed by atoms with Gasteiger partial charge in [0.15, 0.2) is 0 Å².